The monoisotopic (exact) mass is 114 g/mol. The zero-order valence-corrected chi connectivity index (χ0v) is 5.35. The van der Waals surface area contributed by atoms with E-state index in [1.54, 1.807) is 0 Å². The standard InChI is InChI=1S/C6H12NO/c1-5-4-8-6(2)3-7-5/h4-7H,3H2,1-2H3. The summed E-state index contributed by atoms with van der Waals surface area (Å²) in [5.74, 6) is 0. The Morgan fingerprint density at radius 2 is 2.38 bits per heavy atom. The van der Waals surface area contributed by atoms with Gasteiger partial charge < -0.3 is 10.1 Å². The first-order valence-corrected chi connectivity index (χ1v) is 3.01. The zero-order chi connectivity index (χ0) is 5.98. The van der Waals surface area contributed by atoms with Crippen LogP contribution in [0.5, 0.6) is 0 Å². The molecule has 0 aromatic carbocycles. The minimum Gasteiger partial charge on any atom is -0.370 e. The lowest BCUT2D eigenvalue weighted by Gasteiger charge is -2.24. The van der Waals surface area contributed by atoms with Crippen molar-refractivity contribution in [3.05, 3.63) is 6.61 Å². The molecule has 1 N–H and O–H groups in total. The van der Waals surface area contributed by atoms with Crippen LogP contribution in [-0.2, 0) is 4.74 Å². The van der Waals surface area contributed by atoms with Crippen molar-refractivity contribution >= 4 is 0 Å². The smallest absolute Gasteiger partial charge is 0.101 e. The molecule has 0 aromatic rings. The summed E-state index contributed by atoms with van der Waals surface area (Å²) in [6.07, 6.45) is 0.353. The van der Waals surface area contributed by atoms with Crippen molar-refractivity contribution in [3.63, 3.8) is 0 Å². The molecule has 0 bridgehead atoms. The van der Waals surface area contributed by atoms with Crippen LogP contribution in [0.15, 0.2) is 0 Å². The molecular weight excluding hydrogens is 102 g/mol. The van der Waals surface area contributed by atoms with Crippen LogP contribution in [-0.4, -0.2) is 18.7 Å². The molecule has 0 saturated carbocycles. The maximum Gasteiger partial charge on any atom is 0.101 e. The van der Waals surface area contributed by atoms with Crippen LogP contribution >= 0.6 is 0 Å². The molecule has 2 atom stereocenters. The molecule has 0 aromatic heterocycles. The van der Waals surface area contributed by atoms with Crippen LogP contribution in [0.1, 0.15) is 13.8 Å². The van der Waals surface area contributed by atoms with Crippen LogP contribution in [0.25, 0.3) is 0 Å². The molecule has 1 aliphatic rings. The fourth-order valence-electron chi connectivity index (χ4n) is 0.700. The van der Waals surface area contributed by atoms with Gasteiger partial charge in [0, 0.05) is 12.6 Å². The molecule has 2 unspecified atom stereocenters. The second-order valence-electron chi connectivity index (χ2n) is 2.28. The van der Waals surface area contributed by atoms with E-state index in [4.69, 9.17) is 4.74 Å². The van der Waals surface area contributed by atoms with Gasteiger partial charge in [0.2, 0.25) is 0 Å². The van der Waals surface area contributed by atoms with E-state index in [0.717, 1.165) is 6.54 Å². The van der Waals surface area contributed by atoms with Crippen molar-refractivity contribution in [1.29, 1.82) is 0 Å². The number of rotatable bonds is 0. The van der Waals surface area contributed by atoms with Gasteiger partial charge in [-0.3, -0.25) is 0 Å². The molecule has 2 heteroatoms. The highest BCUT2D eigenvalue weighted by atomic mass is 16.5. The average molecular weight is 114 g/mol. The van der Waals surface area contributed by atoms with E-state index in [9.17, 15) is 0 Å². The Morgan fingerprint density at radius 1 is 1.62 bits per heavy atom. The van der Waals surface area contributed by atoms with Crippen LogP contribution in [0, 0.1) is 6.61 Å². The highest BCUT2D eigenvalue weighted by Gasteiger charge is 2.12. The fourth-order valence-corrected chi connectivity index (χ4v) is 0.700. The lowest BCUT2D eigenvalue weighted by Crippen LogP contribution is -2.40. The summed E-state index contributed by atoms with van der Waals surface area (Å²) in [6, 6.07) is 0.422. The molecule has 1 aliphatic heterocycles. The molecule has 0 amide bonds. The summed E-state index contributed by atoms with van der Waals surface area (Å²) in [5, 5.41) is 3.25. The van der Waals surface area contributed by atoms with Gasteiger partial charge in [-0.15, -0.1) is 0 Å². The predicted molar refractivity (Wildman–Crippen MR) is 32.3 cm³/mol. The number of morpholine rings is 1. The Kier molecular flexibility index (Phi) is 1.86. The van der Waals surface area contributed by atoms with Gasteiger partial charge in [0.25, 0.3) is 0 Å². The fraction of sp³-hybridized carbons (Fsp3) is 0.833. The van der Waals surface area contributed by atoms with E-state index in [0.29, 0.717) is 12.1 Å². The summed E-state index contributed by atoms with van der Waals surface area (Å²) in [4.78, 5) is 0. The highest BCUT2D eigenvalue weighted by Crippen LogP contribution is 2.02. The Labute approximate surface area is 50.2 Å². The molecular formula is C6H12NO. The van der Waals surface area contributed by atoms with Crippen molar-refractivity contribution in [2.45, 2.75) is 26.0 Å². The van der Waals surface area contributed by atoms with Crippen LogP contribution in [0.4, 0.5) is 0 Å². The Bertz CT molecular complexity index is 56.9. The average Bonchev–Trinajstić information content (AvgIpc) is 1.77. The summed E-state index contributed by atoms with van der Waals surface area (Å²) in [7, 11) is 0. The second kappa shape index (κ2) is 2.46. The molecule has 0 aliphatic carbocycles. The van der Waals surface area contributed by atoms with Crippen molar-refractivity contribution in [2.24, 2.45) is 0 Å². The SMILES string of the molecule is CC1[CH]OC(C)CN1. The third-order valence-corrected chi connectivity index (χ3v) is 1.24. The molecule has 8 heavy (non-hydrogen) atoms. The molecule has 47 valence electrons. The van der Waals surface area contributed by atoms with Gasteiger partial charge in [-0.25, -0.2) is 0 Å². The molecule has 1 saturated heterocycles. The summed E-state index contributed by atoms with van der Waals surface area (Å²) >= 11 is 0. The predicted octanol–water partition coefficient (Wildman–Crippen LogP) is 0.545. The largest absolute Gasteiger partial charge is 0.370 e. The molecule has 1 radical (unpaired) electrons. The van der Waals surface area contributed by atoms with Gasteiger partial charge in [0.1, 0.15) is 6.61 Å². The highest BCUT2D eigenvalue weighted by molar-refractivity contribution is 4.77. The molecule has 1 rings (SSSR count). The van der Waals surface area contributed by atoms with Gasteiger partial charge in [0.05, 0.1) is 6.10 Å². The van der Waals surface area contributed by atoms with Crippen LogP contribution < -0.4 is 5.32 Å². The minimum absolute atomic E-state index is 0.353. The first-order valence-electron chi connectivity index (χ1n) is 3.01. The van der Waals surface area contributed by atoms with Crippen molar-refractivity contribution in [1.82, 2.24) is 5.32 Å². The first-order chi connectivity index (χ1) is 3.79. The van der Waals surface area contributed by atoms with E-state index in [-0.39, 0.29) is 0 Å². The van der Waals surface area contributed by atoms with Crippen molar-refractivity contribution in [3.8, 4) is 0 Å². The van der Waals surface area contributed by atoms with E-state index >= 15 is 0 Å². The number of nitrogens with one attached hydrogen (secondary N) is 1. The third kappa shape index (κ3) is 1.46. The topological polar surface area (TPSA) is 21.3 Å². The lowest BCUT2D eigenvalue weighted by atomic mass is 10.3. The van der Waals surface area contributed by atoms with Gasteiger partial charge in [-0.1, -0.05) is 0 Å². The van der Waals surface area contributed by atoms with Gasteiger partial charge >= 0.3 is 0 Å². The van der Waals surface area contributed by atoms with E-state index in [1.807, 2.05) is 6.61 Å². The van der Waals surface area contributed by atoms with Gasteiger partial charge in [0.15, 0.2) is 0 Å². The van der Waals surface area contributed by atoms with E-state index in [2.05, 4.69) is 19.2 Å². The summed E-state index contributed by atoms with van der Waals surface area (Å²) in [5.41, 5.74) is 0. The number of hydrogen-bond donors (Lipinski definition) is 1. The van der Waals surface area contributed by atoms with Gasteiger partial charge in [-0.05, 0) is 13.8 Å². The molecule has 0 spiro atoms. The summed E-state index contributed by atoms with van der Waals surface area (Å²) in [6.45, 7) is 6.94. The maximum absolute atomic E-state index is 5.20. The second-order valence-corrected chi connectivity index (χ2v) is 2.28. The van der Waals surface area contributed by atoms with Crippen LogP contribution in [0.2, 0.25) is 0 Å². The number of ether oxygens (including phenoxy) is 1. The van der Waals surface area contributed by atoms with Gasteiger partial charge in [-0.2, -0.15) is 0 Å². The van der Waals surface area contributed by atoms with E-state index < -0.39 is 0 Å². The molecule has 1 heterocycles. The minimum atomic E-state index is 0.353. The van der Waals surface area contributed by atoms with E-state index in [1.165, 1.54) is 0 Å². The molecule has 1 fully saturated rings. The zero-order valence-electron chi connectivity index (χ0n) is 5.35. The Hall–Kier alpha value is -0.0800. The van der Waals surface area contributed by atoms with Crippen molar-refractivity contribution < 1.29 is 4.74 Å². The van der Waals surface area contributed by atoms with Crippen molar-refractivity contribution in [2.75, 3.05) is 6.54 Å². The maximum atomic E-state index is 5.20. The summed E-state index contributed by atoms with van der Waals surface area (Å²) < 4.78 is 5.20. The molecule has 2 nitrogen and oxygen atoms in total. The lowest BCUT2D eigenvalue weighted by molar-refractivity contribution is 0.0715. The quantitative estimate of drug-likeness (QED) is 0.496. The normalized spacial score (nSPS) is 39.8. The third-order valence-electron chi connectivity index (χ3n) is 1.24. The first kappa shape index (κ1) is 6.05. The Balaban J connectivity index is 2.19. The van der Waals surface area contributed by atoms with Crippen LogP contribution in [0.3, 0.4) is 0 Å². The number of hydrogen-bond acceptors (Lipinski definition) is 2. The Morgan fingerprint density at radius 3 is 2.75 bits per heavy atom.